The Hall–Kier alpha value is -4.24. The Balaban J connectivity index is 1.41. The fraction of sp³-hybridized carbons (Fsp3) is 0.148. The van der Waals surface area contributed by atoms with Crippen LogP contribution in [0.1, 0.15) is 12.0 Å². The average molecular weight is 506 g/mol. The fourth-order valence-electron chi connectivity index (χ4n) is 3.57. The minimum Gasteiger partial charge on any atom is -0.493 e. The Bertz CT molecular complexity index is 1400. The van der Waals surface area contributed by atoms with Crippen LogP contribution >= 0.6 is 12.2 Å². The zero-order valence-corrected chi connectivity index (χ0v) is 20.5. The molecule has 1 heterocycles. The van der Waals surface area contributed by atoms with Crippen molar-refractivity contribution < 1.29 is 23.4 Å². The summed E-state index contributed by atoms with van der Waals surface area (Å²) in [5, 5.41) is 6.16. The third-order valence-electron chi connectivity index (χ3n) is 5.35. The van der Waals surface area contributed by atoms with Gasteiger partial charge >= 0.3 is 0 Å². The number of rotatable bonds is 8. The summed E-state index contributed by atoms with van der Waals surface area (Å²) in [5.41, 5.74) is 2.04. The highest BCUT2D eigenvalue weighted by atomic mass is 32.1. The second-order valence-electron chi connectivity index (χ2n) is 7.77. The number of hydrogen-bond donors (Lipinski definition) is 2. The summed E-state index contributed by atoms with van der Waals surface area (Å²) < 4.78 is 31.4. The summed E-state index contributed by atoms with van der Waals surface area (Å²) in [5.74, 6) is 0.612. The van der Waals surface area contributed by atoms with E-state index in [1.54, 1.807) is 30.5 Å². The van der Waals surface area contributed by atoms with E-state index in [1.165, 1.54) is 26.4 Å². The third kappa shape index (κ3) is 6.05. The summed E-state index contributed by atoms with van der Waals surface area (Å²) in [6.07, 6.45) is 2.44. The lowest BCUT2D eigenvalue weighted by Crippen LogP contribution is -2.34. The second kappa shape index (κ2) is 11.5. The molecule has 0 aliphatic rings. The molecule has 3 aromatic carbocycles. The average Bonchev–Trinajstić information content (AvgIpc) is 2.89. The highest BCUT2D eigenvalue weighted by Gasteiger charge is 2.14. The predicted molar refractivity (Wildman–Crippen MR) is 140 cm³/mol. The number of carbonyl (C=O) groups excluding carboxylic acids is 1. The lowest BCUT2D eigenvalue weighted by atomic mass is 10.1. The molecule has 0 spiro atoms. The first kappa shape index (κ1) is 24.9. The number of hydrogen-bond acceptors (Lipinski definition) is 6. The van der Waals surface area contributed by atoms with Crippen LogP contribution in [0.5, 0.6) is 23.0 Å². The van der Waals surface area contributed by atoms with Crippen LogP contribution < -0.4 is 24.8 Å². The molecule has 0 fully saturated rings. The van der Waals surface area contributed by atoms with Gasteiger partial charge in [-0.3, -0.25) is 9.78 Å². The van der Waals surface area contributed by atoms with E-state index in [0.29, 0.717) is 40.3 Å². The van der Waals surface area contributed by atoms with Crippen LogP contribution in [0.4, 0.5) is 10.1 Å². The second-order valence-corrected chi connectivity index (χ2v) is 8.18. The normalized spacial score (nSPS) is 10.5. The predicted octanol–water partition coefficient (Wildman–Crippen LogP) is 5.63. The number of benzene rings is 3. The minimum atomic E-state index is -0.608. The van der Waals surface area contributed by atoms with Gasteiger partial charge in [0.25, 0.3) is 0 Å². The van der Waals surface area contributed by atoms with Gasteiger partial charge in [-0.2, -0.15) is 0 Å². The van der Waals surface area contributed by atoms with Gasteiger partial charge in [0.1, 0.15) is 5.75 Å². The highest BCUT2D eigenvalue weighted by Crippen LogP contribution is 2.37. The first-order valence-corrected chi connectivity index (χ1v) is 11.5. The number of fused-ring (bicyclic) bond motifs is 1. The van der Waals surface area contributed by atoms with Crippen molar-refractivity contribution >= 4 is 39.8 Å². The maximum Gasteiger partial charge on any atom is 0.226 e. The van der Waals surface area contributed by atoms with E-state index in [1.807, 2.05) is 30.3 Å². The van der Waals surface area contributed by atoms with Crippen molar-refractivity contribution in [2.45, 2.75) is 12.8 Å². The van der Waals surface area contributed by atoms with Crippen LogP contribution in [-0.4, -0.2) is 30.2 Å². The van der Waals surface area contributed by atoms with E-state index in [-0.39, 0.29) is 23.2 Å². The number of ether oxygens (including phenoxy) is 3. The molecule has 0 aliphatic carbocycles. The largest absolute Gasteiger partial charge is 0.493 e. The lowest BCUT2D eigenvalue weighted by Gasteiger charge is -2.14. The number of nitrogens with one attached hydrogen (secondary N) is 2. The molecule has 0 radical (unpaired) electrons. The molecular weight excluding hydrogens is 481 g/mol. The summed E-state index contributed by atoms with van der Waals surface area (Å²) in [6.45, 7) is 0. The number of amides is 1. The topological polar surface area (TPSA) is 81.7 Å². The van der Waals surface area contributed by atoms with Gasteiger partial charge in [0.2, 0.25) is 5.91 Å². The minimum absolute atomic E-state index is 0.0145. The van der Waals surface area contributed by atoms with Crippen molar-refractivity contribution in [2.24, 2.45) is 0 Å². The van der Waals surface area contributed by atoms with Gasteiger partial charge in [-0.05, 0) is 48.5 Å². The van der Waals surface area contributed by atoms with E-state index in [9.17, 15) is 9.18 Å². The van der Waals surface area contributed by atoms with Gasteiger partial charge in [0, 0.05) is 35.8 Å². The summed E-state index contributed by atoms with van der Waals surface area (Å²) in [4.78, 5) is 16.5. The number of aromatic nitrogens is 1. The molecule has 36 heavy (non-hydrogen) atoms. The van der Waals surface area contributed by atoms with Crippen molar-refractivity contribution in [3.8, 4) is 23.0 Å². The van der Waals surface area contributed by atoms with E-state index >= 15 is 0 Å². The van der Waals surface area contributed by atoms with Crippen molar-refractivity contribution in [3.05, 3.63) is 84.3 Å². The summed E-state index contributed by atoms with van der Waals surface area (Å²) >= 11 is 5.20. The van der Waals surface area contributed by atoms with Crippen LogP contribution in [0.2, 0.25) is 0 Å². The molecule has 1 aromatic heterocycles. The molecule has 0 saturated carbocycles. The van der Waals surface area contributed by atoms with Crippen molar-refractivity contribution in [2.75, 3.05) is 19.5 Å². The Morgan fingerprint density at radius 2 is 1.69 bits per heavy atom. The summed E-state index contributed by atoms with van der Waals surface area (Å²) in [6, 6.07) is 19.1. The van der Waals surface area contributed by atoms with E-state index in [2.05, 4.69) is 15.6 Å². The molecule has 7 nitrogen and oxygen atoms in total. The monoisotopic (exact) mass is 505 g/mol. The van der Waals surface area contributed by atoms with Gasteiger partial charge in [0.05, 0.1) is 19.7 Å². The first-order valence-electron chi connectivity index (χ1n) is 11.1. The van der Waals surface area contributed by atoms with Crippen LogP contribution in [0.3, 0.4) is 0 Å². The first-order chi connectivity index (χ1) is 17.5. The lowest BCUT2D eigenvalue weighted by molar-refractivity contribution is -0.119. The van der Waals surface area contributed by atoms with Gasteiger partial charge in [-0.25, -0.2) is 4.39 Å². The maximum absolute atomic E-state index is 14.9. The number of methoxy groups -OCH3 is 2. The molecule has 0 atom stereocenters. The smallest absolute Gasteiger partial charge is 0.226 e. The van der Waals surface area contributed by atoms with Gasteiger partial charge in [0.15, 0.2) is 28.2 Å². The summed E-state index contributed by atoms with van der Waals surface area (Å²) in [7, 11) is 3.07. The molecule has 0 saturated heterocycles. The maximum atomic E-state index is 14.9. The molecule has 0 aliphatic heterocycles. The van der Waals surface area contributed by atoms with Crippen LogP contribution in [0.25, 0.3) is 10.9 Å². The Labute approximate surface area is 213 Å². The quantitative estimate of drug-likeness (QED) is 0.301. The molecule has 4 aromatic rings. The van der Waals surface area contributed by atoms with E-state index in [4.69, 9.17) is 26.4 Å². The Kier molecular flexibility index (Phi) is 7.92. The molecule has 184 valence electrons. The Morgan fingerprint density at radius 1 is 0.944 bits per heavy atom. The van der Waals surface area contributed by atoms with Crippen molar-refractivity contribution in [3.63, 3.8) is 0 Å². The zero-order valence-electron chi connectivity index (χ0n) is 19.7. The number of anilines is 1. The van der Waals surface area contributed by atoms with Crippen LogP contribution in [0, 0.1) is 5.82 Å². The third-order valence-corrected chi connectivity index (χ3v) is 5.56. The van der Waals surface area contributed by atoms with Crippen LogP contribution in [0.15, 0.2) is 72.9 Å². The standard InChI is InChI=1S/C27H24FN3O4S/c1-33-24-15-19-21(16-25(24)34-2)29-13-12-22(19)35-23-10-9-18(14-20(23)28)30-27(36)31-26(32)11-8-17-6-4-3-5-7-17/h3-7,9-10,12-16H,8,11H2,1-2H3,(H2,30,31,32,36). The number of aryl methyl sites for hydroxylation is 1. The molecule has 2 N–H and O–H groups in total. The SMILES string of the molecule is COc1cc2nccc(Oc3ccc(NC(=S)NC(=O)CCc4ccccc4)cc3F)c2cc1OC. The zero-order chi connectivity index (χ0) is 25.5. The van der Waals surface area contributed by atoms with E-state index in [0.717, 1.165) is 5.56 Å². The fourth-order valence-corrected chi connectivity index (χ4v) is 3.80. The molecule has 0 bridgehead atoms. The number of carbonyl (C=O) groups is 1. The molecule has 9 heteroatoms. The Morgan fingerprint density at radius 3 is 2.42 bits per heavy atom. The van der Waals surface area contributed by atoms with Gasteiger partial charge in [-0.1, -0.05) is 30.3 Å². The van der Waals surface area contributed by atoms with Gasteiger partial charge < -0.3 is 24.8 Å². The highest BCUT2D eigenvalue weighted by molar-refractivity contribution is 7.80. The van der Waals surface area contributed by atoms with E-state index < -0.39 is 5.82 Å². The number of pyridine rings is 1. The van der Waals surface area contributed by atoms with Gasteiger partial charge in [-0.15, -0.1) is 0 Å². The number of nitrogens with zero attached hydrogens (tertiary/aromatic N) is 1. The number of halogens is 1. The van der Waals surface area contributed by atoms with Crippen molar-refractivity contribution in [1.29, 1.82) is 0 Å². The van der Waals surface area contributed by atoms with Crippen molar-refractivity contribution in [1.82, 2.24) is 10.3 Å². The molecule has 4 rings (SSSR count). The molecule has 1 amide bonds. The molecule has 0 unspecified atom stereocenters. The molecular formula is C27H24FN3O4S. The van der Waals surface area contributed by atoms with Crippen LogP contribution in [-0.2, 0) is 11.2 Å². The number of thiocarbonyl (C=S) groups is 1.